The Balaban J connectivity index is 1.76. The van der Waals surface area contributed by atoms with Crippen molar-refractivity contribution in [2.75, 3.05) is 13.7 Å². The Labute approximate surface area is 155 Å². The molecule has 3 rings (SSSR count). The summed E-state index contributed by atoms with van der Waals surface area (Å²) < 4.78 is 36.2. The highest BCUT2D eigenvalue weighted by molar-refractivity contribution is 7.90. The molecule has 1 N–H and O–H groups in total. The zero-order valence-electron chi connectivity index (χ0n) is 14.3. The molecule has 1 unspecified atom stereocenters. The van der Waals surface area contributed by atoms with Crippen LogP contribution in [0.15, 0.2) is 64.5 Å². The third kappa shape index (κ3) is 3.98. The van der Waals surface area contributed by atoms with Gasteiger partial charge in [-0.2, -0.15) is 0 Å². The third-order valence-corrected chi connectivity index (χ3v) is 5.19. The van der Waals surface area contributed by atoms with Crippen LogP contribution in [-0.2, 0) is 29.1 Å². The van der Waals surface area contributed by atoms with Crippen LogP contribution in [0.1, 0.15) is 17.2 Å². The van der Waals surface area contributed by atoms with E-state index in [1.54, 1.807) is 48.5 Å². The van der Waals surface area contributed by atoms with Gasteiger partial charge in [0, 0.05) is 11.1 Å². The summed E-state index contributed by atoms with van der Waals surface area (Å²) in [5, 5.41) is 0. The van der Waals surface area contributed by atoms with Crippen LogP contribution < -0.4 is 4.72 Å². The van der Waals surface area contributed by atoms with Crippen molar-refractivity contribution in [2.24, 2.45) is 4.99 Å². The molecule has 0 saturated heterocycles. The molecule has 1 aliphatic rings. The molecule has 1 heterocycles. The second-order valence-electron chi connectivity index (χ2n) is 5.57. The number of nitrogens with zero attached hydrogens (tertiary/aromatic N) is 1. The van der Waals surface area contributed by atoms with E-state index >= 15 is 0 Å². The lowest BCUT2D eigenvalue weighted by Crippen LogP contribution is -2.25. The van der Waals surface area contributed by atoms with Crippen LogP contribution in [0.5, 0.6) is 0 Å². The quantitative estimate of drug-likeness (QED) is 0.770. The molecule has 0 spiro atoms. The maximum atomic E-state index is 12.2. The number of methoxy groups -OCH3 is 1. The van der Waals surface area contributed by atoms with Gasteiger partial charge in [0.15, 0.2) is 0 Å². The minimum absolute atomic E-state index is 0.0527. The molecule has 0 radical (unpaired) electrons. The summed E-state index contributed by atoms with van der Waals surface area (Å²) in [6, 6.07) is 14.7. The molecule has 9 heteroatoms. The first-order valence-corrected chi connectivity index (χ1v) is 9.39. The van der Waals surface area contributed by atoms with E-state index in [1.165, 1.54) is 13.2 Å². The van der Waals surface area contributed by atoms with Crippen molar-refractivity contribution in [3.8, 4) is 0 Å². The van der Waals surface area contributed by atoms with Gasteiger partial charge >= 0.3 is 11.9 Å². The number of nitrogens with one attached hydrogen (secondary N) is 1. The van der Waals surface area contributed by atoms with E-state index in [2.05, 4.69) is 14.5 Å². The predicted molar refractivity (Wildman–Crippen MR) is 95.5 cm³/mol. The lowest BCUT2D eigenvalue weighted by atomic mass is 10.1. The number of sulfonamides is 1. The van der Waals surface area contributed by atoms with Crippen LogP contribution in [-0.4, -0.2) is 39.8 Å². The number of ether oxygens (including phenoxy) is 2. The van der Waals surface area contributed by atoms with E-state index in [4.69, 9.17) is 4.74 Å². The summed E-state index contributed by atoms with van der Waals surface area (Å²) in [5.74, 6) is -1.48. The zero-order valence-corrected chi connectivity index (χ0v) is 15.1. The van der Waals surface area contributed by atoms with Crippen molar-refractivity contribution in [2.45, 2.75) is 11.0 Å². The number of benzene rings is 2. The van der Waals surface area contributed by atoms with Crippen LogP contribution in [0.3, 0.4) is 0 Å². The first kappa shape index (κ1) is 18.6. The van der Waals surface area contributed by atoms with Crippen LogP contribution >= 0.6 is 0 Å². The standard InChI is InChI=1S/C18H16N2O6S/c1-25-18(22)16(12-7-3-2-4-8-12)26-15(21)11-19-17-13-9-5-6-10-14(13)27(23,24)20-17/h2-10,16H,11H2,1H3,(H,19,20). The molecular formula is C18H16N2O6S. The summed E-state index contributed by atoms with van der Waals surface area (Å²) in [5.41, 5.74) is 0.829. The van der Waals surface area contributed by atoms with Gasteiger partial charge in [-0.1, -0.05) is 42.5 Å². The molecule has 8 nitrogen and oxygen atoms in total. The van der Waals surface area contributed by atoms with Gasteiger partial charge in [0.05, 0.1) is 12.0 Å². The molecular weight excluding hydrogens is 372 g/mol. The summed E-state index contributed by atoms with van der Waals surface area (Å²) in [7, 11) is -2.50. The Morgan fingerprint density at radius 3 is 2.44 bits per heavy atom. The monoisotopic (exact) mass is 388 g/mol. The van der Waals surface area contributed by atoms with Gasteiger partial charge in [-0.15, -0.1) is 0 Å². The molecule has 0 aromatic heterocycles. The second kappa shape index (κ2) is 7.58. The van der Waals surface area contributed by atoms with Gasteiger partial charge in [0.25, 0.3) is 10.0 Å². The van der Waals surface area contributed by atoms with Gasteiger partial charge < -0.3 is 9.47 Å². The lowest BCUT2D eigenvalue weighted by molar-refractivity contribution is -0.165. The molecule has 1 aliphatic heterocycles. The number of carbonyl (C=O) groups is 2. The molecule has 140 valence electrons. The third-order valence-electron chi connectivity index (χ3n) is 3.80. The van der Waals surface area contributed by atoms with E-state index in [9.17, 15) is 18.0 Å². The fraction of sp³-hybridized carbons (Fsp3) is 0.167. The van der Waals surface area contributed by atoms with Crippen LogP contribution in [0.4, 0.5) is 0 Å². The maximum Gasteiger partial charge on any atom is 0.351 e. The first-order valence-electron chi connectivity index (χ1n) is 7.91. The minimum Gasteiger partial charge on any atom is -0.466 e. The maximum absolute atomic E-state index is 12.2. The second-order valence-corrected chi connectivity index (χ2v) is 7.22. The topological polar surface area (TPSA) is 111 Å². The van der Waals surface area contributed by atoms with Crippen molar-refractivity contribution in [1.82, 2.24) is 4.72 Å². The highest BCUT2D eigenvalue weighted by Gasteiger charge is 2.31. The summed E-state index contributed by atoms with van der Waals surface area (Å²) in [6.07, 6.45) is -1.23. The molecule has 2 aromatic rings. The molecule has 0 bridgehead atoms. The van der Waals surface area contributed by atoms with Crippen molar-refractivity contribution in [3.05, 3.63) is 65.7 Å². The van der Waals surface area contributed by atoms with Crippen molar-refractivity contribution in [1.29, 1.82) is 0 Å². The number of amidine groups is 1. The van der Waals surface area contributed by atoms with E-state index < -0.39 is 34.6 Å². The Kier molecular flexibility index (Phi) is 5.22. The normalized spacial score (nSPS) is 16.9. The van der Waals surface area contributed by atoms with Gasteiger partial charge in [-0.3, -0.25) is 14.5 Å². The van der Waals surface area contributed by atoms with Gasteiger partial charge in [0.1, 0.15) is 12.4 Å². The number of esters is 2. The van der Waals surface area contributed by atoms with Crippen molar-refractivity contribution >= 4 is 27.8 Å². The number of hydrogen-bond donors (Lipinski definition) is 1. The van der Waals surface area contributed by atoms with Gasteiger partial charge in [-0.05, 0) is 12.1 Å². The van der Waals surface area contributed by atoms with Crippen molar-refractivity contribution in [3.63, 3.8) is 0 Å². The molecule has 0 fully saturated rings. The molecule has 0 amide bonds. The minimum atomic E-state index is -3.69. The summed E-state index contributed by atoms with van der Waals surface area (Å²) in [6.45, 7) is -0.466. The number of aliphatic imine (C=N–C) groups is 1. The average molecular weight is 388 g/mol. The lowest BCUT2D eigenvalue weighted by Gasteiger charge is -2.15. The smallest absolute Gasteiger partial charge is 0.351 e. The average Bonchev–Trinajstić information content (AvgIpc) is 2.95. The van der Waals surface area contributed by atoms with Crippen LogP contribution in [0.25, 0.3) is 0 Å². The molecule has 0 saturated carbocycles. The Bertz CT molecular complexity index is 1000. The molecule has 1 atom stereocenters. The predicted octanol–water partition coefficient (Wildman–Crippen LogP) is 1.18. The summed E-state index contributed by atoms with van der Waals surface area (Å²) in [4.78, 5) is 28.2. The zero-order chi connectivity index (χ0) is 19.4. The first-order chi connectivity index (χ1) is 12.9. The van der Waals surface area contributed by atoms with Crippen molar-refractivity contribution < 1.29 is 27.5 Å². The Hall–Kier alpha value is -3.20. The van der Waals surface area contributed by atoms with Crippen LogP contribution in [0, 0.1) is 0 Å². The SMILES string of the molecule is COC(=O)C(OC(=O)CN=C1NS(=O)(=O)c2ccccc21)c1ccccc1. The molecule has 2 aromatic carbocycles. The van der Waals surface area contributed by atoms with E-state index in [0.717, 1.165) is 0 Å². The van der Waals surface area contributed by atoms with E-state index in [-0.39, 0.29) is 10.7 Å². The Morgan fingerprint density at radius 1 is 1.07 bits per heavy atom. The number of rotatable bonds is 5. The highest BCUT2D eigenvalue weighted by atomic mass is 32.2. The summed E-state index contributed by atoms with van der Waals surface area (Å²) >= 11 is 0. The number of carbonyl (C=O) groups excluding carboxylic acids is 2. The fourth-order valence-corrected chi connectivity index (χ4v) is 3.80. The van der Waals surface area contributed by atoms with Gasteiger partial charge in [0.2, 0.25) is 6.10 Å². The molecule has 0 aliphatic carbocycles. The van der Waals surface area contributed by atoms with Gasteiger partial charge in [-0.25, -0.2) is 13.2 Å². The Morgan fingerprint density at radius 2 is 1.74 bits per heavy atom. The van der Waals surface area contributed by atoms with Crippen LogP contribution in [0.2, 0.25) is 0 Å². The highest BCUT2D eigenvalue weighted by Crippen LogP contribution is 2.22. The number of hydrogen-bond acceptors (Lipinski definition) is 7. The van der Waals surface area contributed by atoms with E-state index in [0.29, 0.717) is 11.1 Å². The number of fused-ring (bicyclic) bond motifs is 1. The van der Waals surface area contributed by atoms with E-state index in [1.807, 2.05) is 0 Å². The largest absolute Gasteiger partial charge is 0.466 e. The fourth-order valence-electron chi connectivity index (χ4n) is 2.55. The molecule has 27 heavy (non-hydrogen) atoms.